The van der Waals surface area contributed by atoms with Crippen molar-refractivity contribution in [2.45, 2.75) is 24.7 Å². The Morgan fingerprint density at radius 2 is 1.67 bits per heavy atom. The molecule has 8 heteroatoms. The average Bonchev–Trinajstić information content (AvgIpc) is 2.66. The SMILES string of the molecule is Cc1ccc(NC(=O)C2CCN(S(=O)(=O)c3ccc(F)c(F)c3)CC2)cc1. The Labute approximate surface area is 157 Å². The third-order valence-corrected chi connectivity index (χ3v) is 6.57. The molecule has 2 aromatic rings. The highest BCUT2D eigenvalue weighted by Gasteiger charge is 2.32. The maximum atomic E-state index is 13.4. The molecule has 1 aliphatic rings. The van der Waals surface area contributed by atoms with Crippen LogP contribution >= 0.6 is 0 Å². The number of piperidine rings is 1. The van der Waals surface area contributed by atoms with Gasteiger partial charge in [-0.2, -0.15) is 4.31 Å². The molecule has 0 atom stereocenters. The van der Waals surface area contributed by atoms with E-state index in [9.17, 15) is 22.0 Å². The lowest BCUT2D eigenvalue weighted by Gasteiger charge is -2.30. The fourth-order valence-electron chi connectivity index (χ4n) is 3.03. The Hall–Kier alpha value is -2.32. The molecule has 0 aromatic heterocycles. The Morgan fingerprint density at radius 1 is 1.04 bits per heavy atom. The van der Waals surface area contributed by atoms with Gasteiger partial charge in [0.25, 0.3) is 0 Å². The number of sulfonamides is 1. The third kappa shape index (κ3) is 4.33. The molecule has 1 heterocycles. The van der Waals surface area contributed by atoms with E-state index in [0.29, 0.717) is 24.6 Å². The van der Waals surface area contributed by atoms with Crippen molar-refractivity contribution in [2.24, 2.45) is 5.92 Å². The average molecular weight is 394 g/mol. The van der Waals surface area contributed by atoms with Crippen LogP contribution < -0.4 is 5.32 Å². The Kier molecular flexibility index (Phi) is 5.57. The molecule has 5 nitrogen and oxygen atoms in total. The molecule has 0 saturated carbocycles. The van der Waals surface area contributed by atoms with E-state index in [0.717, 1.165) is 17.7 Å². The van der Waals surface area contributed by atoms with Crippen molar-refractivity contribution in [1.29, 1.82) is 0 Å². The van der Waals surface area contributed by atoms with Crippen molar-refractivity contribution < 1.29 is 22.0 Å². The number of halogens is 2. The largest absolute Gasteiger partial charge is 0.326 e. The lowest BCUT2D eigenvalue weighted by Crippen LogP contribution is -2.41. The van der Waals surface area contributed by atoms with Crippen LogP contribution in [0.5, 0.6) is 0 Å². The lowest BCUT2D eigenvalue weighted by molar-refractivity contribution is -0.120. The minimum Gasteiger partial charge on any atom is -0.326 e. The summed E-state index contributed by atoms with van der Waals surface area (Å²) in [6.45, 7) is 2.25. The summed E-state index contributed by atoms with van der Waals surface area (Å²) in [4.78, 5) is 12.1. The quantitative estimate of drug-likeness (QED) is 0.865. The molecular weight excluding hydrogens is 374 g/mol. The van der Waals surface area contributed by atoms with Crippen LogP contribution in [0.2, 0.25) is 0 Å². The van der Waals surface area contributed by atoms with Gasteiger partial charge in [-0.15, -0.1) is 0 Å². The Balaban J connectivity index is 1.63. The Morgan fingerprint density at radius 3 is 2.26 bits per heavy atom. The van der Waals surface area contributed by atoms with E-state index in [4.69, 9.17) is 0 Å². The zero-order valence-electron chi connectivity index (χ0n) is 14.8. The smallest absolute Gasteiger partial charge is 0.243 e. The molecule has 144 valence electrons. The highest BCUT2D eigenvalue weighted by molar-refractivity contribution is 7.89. The van der Waals surface area contributed by atoms with Crippen LogP contribution in [0.25, 0.3) is 0 Å². The van der Waals surface area contributed by atoms with Gasteiger partial charge in [0, 0.05) is 24.7 Å². The standard InChI is InChI=1S/C19H20F2N2O3S/c1-13-2-4-15(5-3-13)22-19(24)14-8-10-23(11-9-14)27(25,26)16-6-7-17(20)18(21)12-16/h2-7,12,14H,8-11H2,1H3,(H,22,24). The van der Waals surface area contributed by atoms with Crippen LogP contribution in [0.3, 0.4) is 0 Å². The van der Waals surface area contributed by atoms with Crippen LogP contribution in [-0.4, -0.2) is 31.7 Å². The first-order valence-electron chi connectivity index (χ1n) is 8.60. The molecular formula is C19H20F2N2O3S. The van der Waals surface area contributed by atoms with Crippen LogP contribution in [0, 0.1) is 24.5 Å². The maximum Gasteiger partial charge on any atom is 0.243 e. The second kappa shape index (κ2) is 7.74. The van der Waals surface area contributed by atoms with Crippen molar-refractivity contribution in [3.8, 4) is 0 Å². The first kappa shape index (κ1) is 19.4. The predicted molar refractivity (Wildman–Crippen MR) is 97.6 cm³/mol. The van der Waals surface area contributed by atoms with E-state index in [1.165, 1.54) is 4.31 Å². The summed E-state index contributed by atoms with van der Waals surface area (Å²) >= 11 is 0. The van der Waals surface area contributed by atoms with Gasteiger partial charge >= 0.3 is 0 Å². The number of rotatable bonds is 4. The predicted octanol–water partition coefficient (Wildman–Crippen LogP) is 3.31. The van der Waals surface area contributed by atoms with Gasteiger partial charge in [-0.25, -0.2) is 17.2 Å². The molecule has 0 spiro atoms. The number of nitrogens with zero attached hydrogens (tertiary/aromatic N) is 1. The van der Waals surface area contributed by atoms with Gasteiger partial charge in [0.1, 0.15) is 0 Å². The number of aryl methyl sites for hydroxylation is 1. The van der Waals surface area contributed by atoms with Gasteiger partial charge in [-0.05, 0) is 50.1 Å². The van der Waals surface area contributed by atoms with Gasteiger partial charge in [0.15, 0.2) is 11.6 Å². The number of carbonyl (C=O) groups is 1. The first-order valence-corrected chi connectivity index (χ1v) is 10.0. The fourth-order valence-corrected chi connectivity index (χ4v) is 4.51. The first-order chi connectivity index (χ1) is 12.8. The molecule has 27 heavy (non-hydrogen) atoms. The second-order valence-electron chi connectivity index (χ2n) is 6.61. The summed E-state index contributed by atoms with van der Waals surface area (Å²) in [5.74, 6) is -2.75. The molecule has 0 aliphatic carbocycles. The van der Waals surface area contributed by atoms with Gasteiger partial charge in [-0.3, -0.25) is 4.79 Å². The van der Waals surface area contributed by atoms with Crippen molar-refractivity contribution in [3.63, 3.8) is 0 Å². The number of amides is 1. The highest BCUT2D eigenvalue weighted by atomic mass is 32.2. The normalized spacial score (nSPS) is 16.3. The van der Waals surface area contributed by atoms with E-state index in [1.54, 1.807) is 0 Å². The van der Waals surface area contributed by atoms with E-state index in [-0.39, 0.29) is 29.8 Å². The number of anilines is 1. The number of carbonyl (C=O) groups excluding carboxylic acids is 1. The minimum absolute atomic E-state index is 0.146. The summed E-state index contributed by atoms with van der Waals surface area (Å²) in [5, 5.41) is 2.84. The van der Waals surface area contributed by atoms with Gasteiger partial charge in [0.2, 0.25) is 15.9 Å². The summed E-state index contributed by atoms with van der Waals surface area (Å²) in [6, 6.07) is 9.94. The van der Waals surface area contributed by atoms with E-state index < -0.39 is 21.7 Å². The molecule has 1 N–H and O–H groups in total. The number of hydrogen-bond acceptors (Lipinski definition) is 3. The molecule has 2 aromatic carbocycles. The third-order valence-electron chi connectivity index (χ3n) is 4.67. The number of hydrogen-bond donors (Lipinski definition) is 1. The lowest BCUT2D eigenvalue weighted by atomic mass is 9.97. The molecule has 1 amide bonds. The van der Waals surface area contributed by atoms with Crippen LogP contribution in [0.15, 0.2) is 47.4 Å². The highest BCUT2D eigenvalue weighted by Crippen LogP contribution is 2.25. The molecule has 1 saturated heterocycles. The monoisotopic (exact) mass is 394 g/mol. The van der Waals surface area contributed by atoms with Crippen LogP contribution in [0.4, 0.5) is 14.5 Å². The molecule has 0 unspecified atom stereocenters. The number of benzene rings is 2. The fraction of sp³-hybridized carbons (Fsp3) is 0.316. The second-order valence-corrected chi connectivity index (χ2v) is 8.55. The topological polar surface area (TPSA) is 66.5 Å². The zero-order chi connectivity index (χ0) is 19.6. The van der Waals surface area contributed by atoms with Crippen molar-refractivity contribution in [1.82, 2.24) is 4.31 Å². The molecule has 1 aliphatic heterocycles. The van der Waals surface area contributed by atoms with Gasteiger partial charge in [-0.1, -0.05) is 17.7 Å². The minimum atomic E-state index is -3.92. The van der Waals surface area contributed by atoms with Crippen LogP contribution in [0.1, 0.15) is 18.4 Å². The van der Waals surface area contributed by atoms with Crippen molar-refractivity contribution in [2.75, 3.05) is 18.4 Å². The van der Waals surface area contributed by atoms with Gasteiger partial charge in [0.05, 0.1) is 4.90 Å². The summed E-state index contributed by atoms with van der Waals surface area (Å²) < 4.78 is 52.8. The van der Waals surface area contributed by atoms with E-state index in [2.05, 4.69) is 5.32 Å². The summed E-state index contributed by atoms with van der Waals surface area (Å²) in [7, 11) is -3.92. The van der Waals surface area contributed by atoms with E-state index >= 15 is 0 Å². The number of nitrogens with one attached hydrogen (secondary N) is 1. The molecule has 0 bridgehead atoms. The van der Waals surface area contributed by atoms with Crippen molar-refractivity contribution >= 4 is 21.6 Å². The van der Waals surface area contributed by atoms with Gasteiger partial charge < -0.3 is 5.32 Å². The van der Waals surface area contributed by atoms with Crippen molar-refractivity contribution in [3.05, 3.63) is 59.7 Å². The summed E-state index contributed by atoms with van der Waals surface area (Å²) in [5.41, 5.74) is 1.78. The maximum absolute atomic E-state index is 13.4. The van der Waals surface area contributed by atoms with E-state index in [1.807, 2.05) is 31.2 Å². The zero-order valence-corrected chi connectivity index (χ0v) is 15.6. The molecule has 3 rings (SSSR count). The molecule has 0 radical (unpaired) electrons. The summed E-state index contributed by atoms with van der Waals surface area (Å²) in [6.07, 6.45) is 0.723. The molecule has 1 fully saturated rings. The Bertz CT molecular complexity index is 938. The van der Waals surface area contributed by atoms with Crippen LogP contribution in [-0.2, 0) is 14.8 Å².